The van der Waals surface area contributed by atoms with E-state index in [1.807, 2.05) is 0 Å². The van der Waals surface area contributed by atoms with E-state index in [2.05, 4.69) is 0 Å². The molecule has 0 spiro atoms. The van der Waals surface area contributed by atoms with E-state index >= 15 is 0 Å². The molecule has 2 aliphatic heterocycles. The SMILES string of the molecule is O=S1(=O)CC2CC1CN2S(=O)(=O)Cc1cc(F)cc(F)c1. The summed E-state index contributed by atoms with van der Waals surface area (Å²) in [6, 6.07) is 2.04. The maximum Gasteiger partial charge on any atom is 0.218 e. The Labute approximate surface area is 121 Å². The van der Waals surface area contributed by atoms with E-state index < -0.39 is 48.5 Å². The Hall–Kier alpha value is -1.06. The number of sulfonamides is 1. The highest BCUT2D eigenvalue weighted by Crippen LogP contribution is 2.35. The maximum atomic E-state index is 13.1. The number of hydrogen-bond acceptors (Lipinski definition) is 4. The molecular weight excluding hydrogens is 324 g/mol. The molecule has 2 saturated heterocycles. The minimum Gasteiger partial charge on any atom is -0.228 e. The number of hydrogen-bond donors (Lipinski definition) is 0. The van der Waals surface area contributed by atoms with Crippen molar-refractivity contribution in [2.24, 2.45) is 0 Å². The first-order valence-corrected chi connectivity index (χ1v) is 9.66. The Morgan fingerprint density at radius 3 is 2.29 bits per heavy atom. The van der Waals surface area contributed by atoms with Gasteiger partial charge >= 0.3 is 0 Å². The van der Waals surface area contributed by atoms with E-state index in [1.54, 1.807) is 0 Å². The summed E-state index contributed by atoms with van der Waals surface area (Å²) in [6.07, 6.45) is 0.305. The first kappa shape index (κ1) is 14.9. The molecule has 2 bridgehead atoms. The zero-order valence-electron chi connectivity index (χ0n) is 10.9. The van der Waals surface area contributed by atoms with E-state index in [0.29, 0.717) is 12.5 Å². The van der Waals surface area contributed by atoms with Gasteiger partial charge in [-0.3, -0.25) is 0 Å². The average molecular weight is 337 g/mol. The zero-order chi connectivity index (χ0) is 15.4. The molecule has 2 fully saturated rings. The average Bonchev–Trinajstić information content (AvgIpc) is 2.82. The van der Waals surface area contributed by atoms with Gasteiger partial charge in [-0.1, -0.05) is 0 Å². The minimum atomic E-state index is -3.79. The molecule has 0 aliphatic carbocycles. The summed E-state index contributed by atoms with van der Waals surface area (Å²) in [6.45, 7) is -0.0624. The van der Waals surface area contributed by atoms with Crippen molar-refractivity contribution in [2.75, 3.05) is 12.3 Å². The monoisotopic (exact) mass is 337 g/mol. The summed E-state index contributed by atoms with van der Waals surface area (Å²) in [5.41, 5.74) is 0.0122. The quantitative estimate of drug-likeness (QED) is 0.813. The lowest BCUT2D eigenvalue weighted by atomic mass is 10.2. The van der Waals surface area contributed by atoms with Gasteiger partial charge in [-0.05, 0) is 24.1 Å². The van der Waals surface area contributed by atoms with Gasteiger partial charge in [-0.2, -0.15) is 4.31 Å². The van der Waals surface area contributed by atoms with Crippen molar-refractivity contribution < 1.29 is 25.6 Å². The fraction of sp³-hybridized carbons (Fsp3) is 0.500. The van der Waals surface area contributed by atoms with Crippen LogP contribution >= 0.6 is 0 Å². The third-order valence-electron chi connectivity index (χ3n) is 3.89. The Kier molecular flexibility index (Phi) is 3.34. The summed E-state index contributed by atoms with van der Waals surface area (Å²) in [5, 5.41) is -0.651. The molecule has 9 heteroatoms. The normalized spacial score (nSPS) is 28.1. The highest BCUT2D eigenvalue weighted by Gasteiger charge is 2.52. The van der Waals surface area contributed by atoms with Gasteiger partial charge in [0.1, 0.15) is 11.6 Å². The van der Waals surface area contributed by atoms with Crippen LogP contribution in [0, 0.1) is 11.6 Å². The van der Waals surface area contributed by atoms with Crippen molar-refractivity contribution in [3.8, 4) is 0 Å². The first-order valence-electron chi connectivity index (χ1n) is 6.33. The molecule has 0 saturated carbocycles. The second-order valence-corrected chi connectivity index (χ2v) is 9.69. The van der Waals surface area contributed by atoms with Crippen LogP contribution in [0.25, 0.3) is 0 Å². The summed E-state index contributed by atoms with van der Waals surface area (Å²) < 4.78 is 75.2. The molecule has 2 unspecified atom stereocenters. The summed E-state index contributed by atoms with van der Waals surface area (Å²) in [7, 11) is -6.99. The third kappa shape index (κ3) is 2.69. The molecule has 3 rings (SSSR count). The second-order valence-electron chi connectivity index (χ2n) is 5.44. The van der Waals surface area contributed by atoms with Crippen LogP contribution in [0.3, 0.4) is 0 Å². The van der Waals surface area contributed by atoms with Crippen molar-refractivity contribution in [3.05, 3.63) is 35.4 Å². The fourth-order valence-corrected chi connectivity index (χ4v) is 6.98. The number of halogens is 2. The molecule has 0 N–H and O–H groups in total. The highest BCUT2D eigenvalue weighted by atomic mass is 32.2. The van der Waals surface area contributed by atoms with Crippen LogP contribution in [-0.2, 0) is 25.6 Å². The van der Waals surface area contributed by atoms with Crippen LogP contribution in [0.5, 0.6) is 0 Å². The smallest absolute Gasteiger partial charge is 0.218 e. The van der Waals surface area contributed by atoms with Crippen molar-refractivity contribution in [1.29, 1.82) is 0 Å². The lowest BCUT2D eigenvalue weighted by Gasteiger charge is -2.26. The summed E-state index contributed by atoms with van der Waals surface area (Å²) in [4.78, 5) is 0. The molecule has 5 nitrogen and oxygen atoms in total. The van der Waals surface area contributed by atoms with Gasteiger partial charge in [0.15, 0.2) is 9.84 Å². The first-order chi connectivity index (χ1) is 9.67. The topological polar surface area (TPSA) is 71.5 Å². The molecule has 2 aliphatic rings. The predicted molar refractivity (Wildman–Crippen MR) is 71.7 cm³/mol. The minimum absolute atomic E-state index is 0.0122. The van der Waals surface area contributed by atoms with Gasteiger partial charge in [-0.15, -0.1) is 0 Å². The van der Waals surface area contributed by atoms with Crippen LogP contribution < -0.4 is 0 Å². The van der Waals surface area contributed by atoms with Crippen molar-refractivity contribution in [1.82, 2.24) is 4.31 Å². The molecule has 2 atom stereocenters. The molecule has 0 radical (unpaired) electrons. The zero-order valence-corrected chi connectivity index (χ0v) is 12.5. The second kappa shape index (κ2) is 4.72. The van der Waals surface area contributed by atoms with Crippen molar-refractivity contribution in [2.45, 2.75) is 23.5 Å². The lowest BCUT2D eigenvalue weighted by Crippen LogP contribution is -2.44. The standard InChI is InChI=1S/C12H13F2NO4S2/c13-9-1-8(2-10(14)3-9)6-21(18,19)15-5-12-4-11(15)7-20(12,16)17/h1-3,11-12H,4-7H2. The van der Waals surface area contributed by atoms with E-state index in [1.165, 1.54) is 0 Å². The number of sulfone groups is 1. The van der Waals surface area contributed by atoms with Crippen LogP contribution in [0.2, 0.25) is 0 Å². The number of benzene rings is 1. The van der Waals surface area contributed by atoms with Crippen LogP contribution in [0.15, 0.2) is 18.2 Å². The van der Waals surface area contributed by atoms with E-state index in [4.69, 9.17) is 0 Å². The summed E-state index contributed by atoms with van der Waals surface area (Å²) in [5.74, 6) is -2.39. The van der Waals surface area contributed by atoms with Crippen LogP contribution in [0.4, 0.5) is 8.78 Å². The molecule has 1 aromatic rings. The summed E-state index contributed by atoms with van der Waals surface area (Å²) >= 11 is 0. The molecule has 21 heavy (non-hydrogen) atoms. The maximum absolute atomic E-state index is 13.1. The lowest BCUT2D eigenvalue weighted by molar-refractivity contribution is 0.402. The Morgan fingerprint density at radius 1 is 1.19 bits per heavy atom. The van der Waals surface area contributed by atoms with Crippen molar-refractivity contribution >= 4 is 19.9 Å². The van der Waals surface area contributed by atoms with E-state index in [0.717, 1.165) is 16.4 Å². The molecule has 2 heterocycles. The molecule has 0 aromatic heterocycles. The van der Waals surface area contributed by atoms with Gasteiger partial charge in [-0.25, -0.2) is 25.6 Å². The Bertz CT molecular complexity index is 771. The Morgan fingerprint density at radius 2 is 1.81 bits per heavy atom. The Balaban J connectivity index is 1.83. The van der Waals surface area contributed by atoms with E-state index in [9.17, 15) is 25.6 Å². The number of fused-ring (bicyclic) bond motifs is 2. The predicted octanol–water partition coefficient (Wildman–Crippen LogP) is 0.666. The molecule has 1 aromatic carbocycles. The van der Waals surface area contributed by atoms with Gasteiger partial charge in [0.25, 0.3) is 0 Å². The van der Waals surface area contributed by atoms with Gasteiger partial charge in [0.2, 0.25) is 10.0 Å². The van der Waals surface area contributed by atoms with Gasteiger partial charge in [0.05, 0.1) is 16.8 Å². The van der Waals surface area contributed by atoms with Gasteiger partial charge < -0.3 is 0 Å². The van der Waals surface area contributed by atoms with E-state index in [-0.39, 0.29) is 17.9 Å². The molecule has 116 valence electrons. The third-order valence-corrected chi connectivity index (χ3v) is 7.95. The molecule has 0 amide bonds. The largest absolute Gasteiger partial charge is 0.228 e. The van der Waals surface area contributed by atoms with Crippen LogP contribution in [-0.4, -0.2) is 44.7 Å². The molecular formula is C12H13F2NO4S2. The number of nitrogens with zero attached hydrogens (tertiary/aromatic N) is 1. The van der Waals surface area contributed by atoms with Crippen LogP contribution in [0.1, 0.15) is 12.0 Å². The van der Waals surface area contributed by atoms with Crippen molar-refractivity contribution in [3.63, 3.8) is 0 Å². The highest BCUT2D eigenvalue weighted by molar-refractivity contribution is 7.93. The fourth-order valence-electron chi connectivity index (χ4n) is 2.99. The van der Waals surface area contributed by atoms with Gasteiger partial charge in [0, 0.05) is 18.7 Å². The number of rotatable bonds is 3.